The molecule has 7 heteroatoms. The first-order valence-electron chi connectivity index (χ1n) is 8.23. The van der Waals surface area contributed by atoms with Crippen molar-refractivity contribution < 1.29 is 14.3 Å². The summed E-state index contributed by atoms with van der Waals surface area (Å²) in [6.45, 7) is 2.16. The smallest absolute Gasteiger partial charge is 0.306 e. The van der Waals surface area contributed by atoms with E-state index in [4.69, 9.17) is 16.2 Å². The zero-order valence-electron chi connectivity index (χ0n) is 14.6. The molecule has 0 aliphatic rings. The Hall–Kier alpha value is -3.35. The Morgan fingerprint density at radius 2 is 1.85 bits per heavy atom. The molecule has 0 aliphatic carbocycles. The first kappa shape index (κ1) is 19.0. The molecule has 0 heterocycles. The molecule has 0 atom stereocenters. The molecular formula is C19H22N4O3. The molecule has 7 nitrogen and oxygen atoms in total. The van der Waals surface area contributed by atoms with E-state index in [0.29, 0.717) is 36.4 Å². The van der Waals surface area contributed by atoms with Gasteiger partial charge in [0.25, 0.3) is 5.91 Å². The average Bonchev–Trinajstić information content (AvgIpc) is 2.61. The Morgan fingerprint density at radius 1 is 1.12 bits per heavy atom. The fourth-order valence-corrected chi connectivity index (χ4v) is 2.30. The van der Waals surface area contributed by atoms with E-state index in [2.05, 4.69) is 10.3 Å². The number of aliphatic imine (C=N–C) groups is 1. The maximum absolute atomic E-state index is 12.3. The summed E-state index contributed by atoms with van der Waals surface area (Å²) in [4.78, 5) is 27.6. The van der Waals surface area contributed by atoms with E-state index in [1.165, 1.54) is 0 Å². The maximum atomic E-state index is 12.3. The number of carbonyl (C=O) groups is 2. The Labute approximate surface area is 152 Å². The lowest BCUT2D eigenvalue weighted by Gasteiger charge is -2.07. The lowest BCUT2D eigenvalue weighted by atomic mass is 10.1. The summed E-state index contributed by atoms with van der Waals surface area (Å²) in [6, 6.07) is 14.0. The van der Waals surface area contributed by atoms with Crippen molar-refractivity contribution in [3.8, 4) is 0 Å². The first-order chi connectivity index (χ1) is 12.5. The minimum absolute atomic E-state index is 0.0686. The van der Waals surface area contributed by atoms with Crippen molar-refractivity contribution >= 4 is 29.2 Å². The van der Waals surface area contributed by atoms with Crippen molar-refractivity contribution in [2.45, 2.75) is 19.8 Å². The number of aryl methyl sites for hydroxylation is 1. The van der Waals surface area contributed by atoms with Crippen LogP contribution in [-0.2, 0) is 16.0 Å². The summed E-state index contributed by atoms with van der Waals surface area (Å²) in [5, 5.41) is 2.81. The molecule has 0 aromatic heterocycles. The fraction of sp³-hybridized carbons (Fsp3) is 0.211. The van der Waals surface area contributed by atoms with Crippen LogP contribution in [0.3, 0.4) is 0 Å². The lowest BCUT2D eigenvalue weighted by Crippen LogP contribution is -2.21. The van der Waals surface area contributed by atoms with Crippen molar-refractivity contribution in [1.29, 1.82) is 0 Å². The number of ether oxygens (including phenoxy) is 1. The minimum Gasteiger partial charge on any atom is -0.466 e. The molecule has 0 saturated carbocycles. The van der Waals surface area contributed by atoms with Crippen LogP contribution >= 0.6 is 0 Å². The molecule has 2 aromatic rings. The predicted octanol–water partition coefficient (Wildman–Crippen LogP) is 2.34. The molecule has 26 heavy (non-hydrogen) atoms. The van der Waals surface area contributed by atoms with Crippen molar-refractivity contribution in [2.75, 3.05) is 11.9 Å². The number of benzene rings is 2. The van der Waals surface area contributed by atoms with Gasteiger partial charge in [-0.05, 0) is 49.2 Å². The van der Waals surface area contributed by atoms with Gasteiger partial charge in [0.15, 0.2) is 5.96 Å². The Bertz CT molecular complexity index is 797. The molecule has 0 unspecified atom stereocenters. The highest BCUT2D eigenvalue weighted by Gasteiger charge is 2.08. The standard InChI is InChI=1S/C19H22N4O3/c1-2-26-17(24)11-8-13-6-9-15(10-7-13)22-18(25)14-4-3-5-16(12-14)23-19(20)21/h3-7,9-10,12H,2,8,11H2,1H3,(H,22,25)(H4,20,21,23). The van der Waals surface area contributed by atoms with Gasteiger partial charge in [-0.15, -0.1) is 0 Å². The number of guanidine groups is 1. The van der Waals surface area contributed by atoms with Gasteiger partial charge in [0.05, 0.1) is 12.3 Å². The number of carbonyl (C=O) groups excluding carboxylic acids is 2. The van der Waals surface area contributed by atoms with E-state index < -0.39 is 0 Å². The zero-order valence-corrected chi connectivity index (χ0v) is 14.6. The Balaban J connectivity index is 1.97. The summed E-state index contributed by atoms with van der Waals surface area (Å²) in [7, 11) is 0. The minimum atomic E-state index is -0.267. The van der Waals surface area contributed by atoms with Crippen LogP contribution in [0.4, 0.5) is 11.4 Å². The van der Waals surface area contributed by atoms with Gasteiger partial charge in [0, 0.05) is 17.7 Å². The highest BCUT2D eigenvalue weighted by atomic mass is 16.5. The third-order valence-electron chi connectivity index (χ3n) is 3.50. The van der Waals surface area contributed by atoms with E-state index in [9.17, 15) is 9.59 Å². The summed E-state index contributed by atoms with van der Waals surface area (Å²) < 4.78 is 4.90. The second-order valence-electron chi connectivity index (χ2n) is 5.54. The highest BCUT2D eigenvalue weighted by Crippen LogP contribution is 2.16. The number of hydrogen-bond acceptors (Lipinski definition) is 4. The first-order valence-corrected chi connectivity index (χ1v) is 8.23. The molecule has 0 radical (unpaired) electrons. The van der Waals surface area contributed by atoms with Crippen LogP contribution in [0.1, 0.15) is 29.3 Å². The second kappa shape index (κ2) is 9.22. The molecule has 0 fully saturated rings. The van der Waals surface area contributed by atoms with Gasteiger partial charge in [-0.25, -0.2) is 4.99 Å². The largest absolute Gasteiger partial charge is 0.466 e. The number of nitrogens with two attached hydrogens (primary N) is 2. The van der Waals surface area contributed by atoms with E-state index in [1.807, 2.05) is 12.1 Å². The van der Waals surface area contributed by atoms with Crippen LogP contribution in [0, 0.1) is 0 Å². The van der Waals surface area contributed by atoms with Crippen molar-refractivity contribution in [2.24, 2.45) is 16.5 Å². The number of hydrogen-bond donors (Lipinski definition) is 3. The van der Waals surface area contributed by atoms with Crippen LogP contribution in [-0.4, -0.2) is 24.4 Å². The van der Waals surface area contributed by atoms with Gasteiger partial charge < -0.3 is 21.5 Å². The van der Waals surface area contributed by atoms with E-state index >= 15 is 0 Å². The summed E-state index contributed by atoms with van der Waals surface area (Å²) >= 11 is 0. The monoisotopic (exact) mass is 354 g/mol. The van der Waals surface area contributed by atoms with Crippen LogP contribution in [0.25, 0.3) is 0 Å². The molecule has 0 aliphatic heterocycles. The Morgan fingerprint density at radius 3 is 2.50 bits per heavy atom. The van der Waals surface area contributed by atoms with E-state index in [-0.39, 0.29) is 17.8 Å². The Kier molecular flexibility index (Phi) is 6.73. The molecule has 2 aromatic carbocycles. The number of esters is 1. The SMILES string of the molecule is CCOC(=O)CCc1ccc(NC(=O)c2cccc(N=C(N)N)c2)cc1. The zero-order chi connectivity index (χ0) is 18.9. The van der Waals surface area contributed by atoms with Gasteiger partial charge >= 0.3 is 5.97 Å². The van der Waals surface area contributed by atoms with E-state index in [1.54, 1.807) is 43.3 Å². The molecule has 0 bridgehead atoms. The van der Waals surface area contributed by atoms with Crippen molar-refractivity contribution in [1.82, 2.24) is 0 Å². The molecule has 136 valence electrons. The molecule has 2 rings (SSSR count). The van der Waals surface area contributed by atoms with E-state index in [0.717, 1.165) is 5.56 Å². The molecule has 0 saturated heterocycles. The van der Waals surface area contributed by atoms with Gasteiger partial charge in [0.1, 0.15) is 0 Å². The van der Waals surface area contributed by atoms with Gasteiger partial charge in [-0.1, -0.05) is 18.2 Å². The summed E-state index contributed by atoms with van der Waals surface area (Å²) in [6.07, 6.45) is 0.921. The molecular weight excluding hydrogens is 332 g/mol. The number of amides is 1. The van der Waals surface area contributed by atoms with Gasteiger partial charge in [0.2, 0.25) is 0 Å². The third-order valence-corrected chi connectivity index (χ3v) is 3.50. The molecule has 5 N–H and O–H groups in total. The number of nitrogens with one attached hydrogen (secondary N) is 1. The van der Waals surface area contributed by atoms with Crippen LogP contribution < -0.4 is 16.8 Å². The fourth-order valence-electron chi connectivity index (χ4n) is 2.30. The van der Waals surface area contributed by atoms with Crippen molar-refractivity contribution in [3.63, 3.8) is 0 Å². The molecule has 0 spiro atoms. The van der Waals surface area contributed by atoms with Crippen molar-refractivity contribution in [3.05, 3.63) is 59.7 Å². The van der Waals surface area contributed by atoms with Crippen LogP contribution in [0.5, 0.6) is 0 Å². The topological polar surface area (TPSA) is 120 Å². The maximum Gasteiger partial charge on any atom is 0.306 e. The van der Waals surface area contributed by atoms with Gasteiger partial charge in [-0.3, -0.25) is 9.59 Å². The quantitative estimate of drug-likeness (QED) is 0.400. The highest BCUT2D eigenvalue weighted by molar-refractivity contribution is 6.04. The van der Waals surface area contributed by atoms with Crippen LogP contribution in [0.2, 0.25) is 0 Å². The third kappa shape index (κ3) is 5.94. The lowest BCUT2D eigenvalue weighted by molar-refractivity contribution is -0.143. The number of anilines is 1. The second-order valence-corrected chi connectivity index (χ2v) is 5.54. The number of nitrogens with zero attached hydrogens (tertiary/aromatic N) is 1. The molecule has 1 amide bonds. The van der Waals surface area contributed by atoms with Gasteiger partial charge in [-0.2, -0.15) is 0 Å². The normalized spacial score (nSPS) is 10.0. The summed E-state index contributed by atoms with van der Waals surface area (Å²) in [5.41, 5.74) is 13.3. The summed E-state index contributed by atoms with van der Waals surface area (Å²) in [5.74, 6) is -0.552. The van der Waals surface area contributed by atoms with Crippen LogP contribution in [0.15, 0.2) is 53.5 Å². The predicted molar refractivity (Wildman–Crippen MR) is 101 cm³/mol. The number of rotatable bonds is 7. The average molecular weight is 354 g/mol.